The molecule has 4 N–H and O–H groups in total. The Morgan fingerprint density at radius 2 is 2.33 bits per heavy atom. The van der Waals surface area contributed by atoms with Gasteiger partial charge in [-0.2, -0.15) is 0 Å². The van der Waals surface area contributed by atoms with Crippen LogP contribution in [0.25, 0.3) is 0 Å². The second-order valence-electron chi connectivity index (χ2n) is 3.69. The van der Waals surface area contributed by atoms with Gasteiger partial charge < -0.3 is 15.3 Å². The minimum absolute atomic E-state index is 0.228. The van der Waals surface area contributed by atoms with E-state index in [1.54, 1.807) is 25.1 Å². The van der Waals surface area contributed by atoms with Crippen molar-refractivity contribution in [1.29, 1.82) is 0 Å². The van der Waals surface area contributed by atoms with Crippen molar-refractivity contribution in [3.63, 3.8) is 0 Å². The molecule has 0 unspecified atom stereocenters. The van der Waals surface area contributed by atoms with E-state index >= 15 is 0 Å². The number of aryl methyl sites for hydroxylation is 1. The smallest absolute Gasteiger partial charge is 0.251 e. The average molecular weight is 247 g/mol. The van der Waals surface area contributed by atoms with Crippen LogP contribution in [-0.2, 0) is 6.54 Å². The van der Waals surface area contributed by atoms with Crippen LogP contribution in [-0.4, -0.2) is 16.0 Å². The maximum atomic E-state index is 11.9. The minimum atomic E-state index is -0.228. The van der Waals surface area contributed by atoms with E-state index in [-0.39, 0.29) is 12.5 Å². The fourth-order valence-electron chi connectivity index (χ4n) is 1.48. The number of hydrazine groups is 1. The maximum Gasteiger partial charge on any atom is 0.251 e. The zero-order chi connectivity index (χ0) is 13.0. The normalized spacial score (nSPS) is 10.1. The standard InChI is InChI=1S/C11H13N5O2/c1-7-4-8(5-10(15-7)16-12)11(17)13-6-9-2-3-14-18-9/h2-5H,6,12H2,1H3,(H,13,17)(H,15,16). The lowest BCUT2D eigenvalue weighted by molar-refractivity contribution is 0.0947. The number of hydrogen-bond acceptors (Lipinski definition) is 6. The Balaban J connectivity index is 2.06. The first-order valence-electron chi connectivity index (χ1n) is 5.32. The molecule has 0 bridgehead atoms. The molecule has 0 atom stereocenters. The molecule has 0 aliphatic carbocycles. The molecule has 0 radical (unpaired) electrons. The molecule has 2 aromatic rings. The van der Waals surface area contributed by atoms with Crippen molar-refractivity contribution < 1.29 is 9.32 Å². The second kappa shape index (κ2) is 5.28. The molecule has 0 fully saturated rings. The molecule has 0 saturated carbocycles. The highest BCUT2D eigenvalue weighted by Gasteiger charge is 2.09. The molecular formula is C11H13N5O2. The average Bonchev–Trinajstić information content (AvgIpc) is 2.88. The molecule has 0 aromatic carbocycles. The number of nitrogens with two attached hydrogens (primary N) is 1. The van der Waals surface area contributed by atoms with Gasteiger partial charge in [-0.15, -0.1) is 0 Å². The maximum absolute atomic E-state index is 11.9. The van der Waals surface area contributed by atoms with E-state index in [2.05, 4.69) is 20.9 Å². The number of anilines is 1. The van der Waals surface area contributed by atoms with E-state index in [4.69, 9.17) is 10.4 Å². The van der Waals surface area contributed by atoms with Crippen LogP contribution in [0.5, 0.6) is 0 Å². The van der Waals surface area contributed by atoms with Crippen LogP contribution in [0.4, 0.5) is 5.82 Å². The first kappa shape index (κ1) is 12.1. The molecule has 2 heterocycles. The molecule has 0 aliphatic heterocycles. The van der Waals surface area contributed by atoms with Gasteiger partial charge >= 0.3 is 0 Å². The van der Waals surface area contributed by atoms with Gasteiger partial charge in [0.05, 0.1) is 12.7 Å². The number of nitrogens with zero attached hydrogens (tertiary/aromatic N) is 2. The molecule has 0 saturated heterocycles. The van der Waals surface area contributed by atoms with Crippen LogP contribution < -0.4 is 16.6 Å². The predicted octanol–water partition coefficient (Wildman–Crippen LogP) is 0.594. The van der Waals surface area contributed by atoms with Crippen molar-refractivity contribution in [2.45, 2.75) is 13.5 Å². The number of nitrogens with one attached hydrogen (secondary N) is 2. The van der Waals surface area contributed by atoms with Crippen LogP contribution >= 0.6 is 0 Å². The van der Waals surface area contributed by atoms with E-state index in [1.807, 2.05) is 0 Å². The van der Waals surface area contributed by atoms with Crippen LogP contribution in [0.3, 0.4) is 0 Å². The quantitative estimate of drug-likeness (QED) is 0.539. The summed E-state index contributed by atoms with van der Waals surface area (Å²) in [5, 5.41) is 6.26. The third kappa shape index (κ3) is 2.83. The summed E-state index contributed by atoms with van der Waals surface area (Å²) >= 11 is 0. The van der Waals surface area contributed by atoms with Gasteiger partial charge in [-0.05, 0) is 19.1 Å². The Labute approximate surface area is 103 Å². The van der Waals surface area contributed by atoms with Gasteiger partial charge in [0.2, 0.25) is 0 Å². The van der Waals surface area contributed by atoms with Crippen molar-refractivity contribution in [2.24, 2.45) is 5.84 Å². The van der Waals surface area contributed by atoms with Gasteiger partial charge in [0.25, 0.3) is 5.91 Å². The molecule has 2 rings (SSSR count). The molecule has 18 heavy (non-hydrogen) atoms. The third-order valence-electron chi connectivity index (χ3n) is 2.28. The summed E-state index contributed by atoms with van der Waals surface area (Å²) in [4.78, 5) is 16.0. The SMILES string of the molecule is Cc1cc(C(=O)NCc2ccno2)cc(NN)n1. The highest BCUT2D eigenvalue weighted by molar-refractivity contribution is 5.94. The third-order valence-corrected chi connectivity index (χ3v) is 2.28. The van der Waals surface area contributed by atoms with Gasteiger partial charge in [-0.3, -0.25) is 4.79 Å². The number of hydrogen-bond donors (Lipinski definition) is 3. The van der Waals surface area contributed by atoms with E-state index in [0.717, 1.165) is 0 Å². The van der Waals surface area contributed by atoms with Crippen molar-refractivity contribution >= 4 is 11.7 Å². The van der Waals surface area contributed by atoms with Crippen LogP contribution in [0, 0.1) is 6.92 Å². The lowest BCUT2D eigenvalue weighted by Gasteiger charge is -2.06. The predicted molar refractivity (Wildman–Crippen MR) is 64.5 cm³/mol. The van der Waals surface area contributed by atoms with Crippen molar-refractivity contribution in [3.05, 3.63) is 41.4 Å². The Morgan fingerprint density at radius 3 is 3.00 bits per heavy atom. The Morgan fingerprint density at radius 1 is 1.50 bits per heavy atom. The van der Waals surface area contributed by atoms with Crippen molar-refractivity contribution in [1.82, 2.24) is 15.5 Å². The fraction of sp³-hybridized carbons (Fsp3) is 0.182. The first-order chi connectivity index (χ1) is 8.69. The van der Waals surface area contributed by atoms with Gasteiger partial charge in [-0.25, -0.2) is 10.8 Å². The number of pyridine rings is 1. The summed E-state index contributed by atoms with van der Waals surface area (Å²) in [5.74, 6) is 6.08. The minimum Gasteiger partial charge on any atom is -0.360 e. The zero-order valence-corrected chi connectivity index (χ0v) is 9.80. The molecule has 7 heteroatoms. The first-order valence-corrected chi connectivity index (χ1v) is 5.32. The highest BCUT2D eigenvalue weighted by Crippen LogP contribution is 2.09. The molecular weight excluding hydrogens is 234 g/mol. The zero-order valence-electron chi connectivity index (χ0n) is 9.80. The second-order valence-corrected chi connectivity index (χ2v) is 3.69. The summed E-state index contributed by atoms with van der Waals surface area (Å²) in [6.07, 6.45) is 1.52. The van der Waals surface area contributed by atoms with Crippen LogP contribution in [0.15, 0.2) is 28.9 Å². The molecule has 1 amide bonds. The largest absolute Gasteiger partial charge is 0.360 e. The summed E-state index contributed by atoms with van der Waals surface area (Å²) in [6.45, 7) is 2.07. The van der Waals surface area contributed by atoms with E-state index in [1.165, 1.54) is 6.20 Å². The summed E-state index contributed by atoms with van der Waals surface area (Å²) in [6, 6.07) is 4.93. The molecule has 7 nitrogen and oxygen atoms in total. The Bertz CT molecular complexity index is 538. The Kier molecular flexibility index (Phi) is 3.54. The molecule has 0 spiro atoms. The highest BCUT2D eigenvalue weighted by atomic mass is 16.5. The van der Waals surface area contributed by atoms with E-state index in [9.17, 15) is 4.79 Å². The van der Waals surface area contributed by atoms with Gasteiger partial charge in [0.15, 0.2) is 5.76 Å². The summed E-state index contributed by atoms with van der Waals surface area (Å²) in [5.41, 5.74) is 3.60. The lowest BCUT2D eigenvalue weighted by atomic mass is 10.2. The van der Waals surface area contributed by atoms with Gasteiger partial charge in [0, 0.05) is 17.3 Å². The fourth-order valence-corrected chi connectivity index (χ4v) is 1.48. The number of amides is 1. The van der Waals surface area contributed by atoms with Crippen LogP contribution in [0.2, 0.25) is 0 Å². The molecule has 0 aliphatic rings. The Hall–Kier alpha value is -2.41. The monoisotopic (exact) mass is 247 g/mol. The number of carbonyl (C=O) groups is 1. The molecule has 2 aromatic heterocycles. The number of aromatic nitrogens is 2. The van der Waals surface area contributed by atoms with E-state index in [0.29, 0.717) is 22.8 Å². The van der Waals surface area contributed by atoms with Gasteiger partial charge in [-0.1, -0.05) is 5.16 Å². The number of carbonyl (C=O) groups excluding carboxylic acids is 1. The topological polar surface area (TPSA) is 106 Å². The molecule has 94 valence electrons. The lowest BCUT2D eigenvalue weighted by Crippen LogP contribution is -2.23. The van der Waals surface area contributed by atoms with Gasteiger partial charge in [0.1, 0.15) is 5.82 Å². The number of nitrogen functional groups attached to an aromatic ring is 1. The summed E-state index contributed by atoms with van der Waals surface area (Å²) in [7, 11) is 0. The van der Waals surface area contributed by atoms with Crippen molar-refractivity contribution in [3.8, 4) is 0 Å². The van der Waals surface area contributed by atoms with Crippen LogP contribution in [0.1, 0.15) is 21.8 Å². The summed E-state index contributed by atoms with van der Waals surface area (Å²) < 4.78 is 4.88. The van der Waals surface area contributed by atoms with E-state index < -0.39 is 0 Å². The number of rotatable bonds is 4. The van der Waals surface area contributed by atoms with Crippen molar-refractivity contribution in [2.75, 3.05) is 5.43 Å².